The molecule has 3 nitrogen and oxygen atoms in total. The lowest BCUT2D eigenvalue weighted by Gasteiger charge is -2.11. The quantitative estimate of drug-likeness (QED) is 0.626. The Balaban J connectivity index is 2.13. The topological polar surface area (TPSA) is 48.1 Å². The number of benzene rings is 2. The molecule has 0 aliphatic heterocycles. The number of aromatic nitrogens is 1. The predicted octanol–water partition coefficient (Wildman–Crippen LogP) is 5.33. The molecule has 0 atom stereocenters. The van der Waals surface area contributed by atoms with Crippen LogP contribution in [0.2, 0.25) is 5.02 Å². The van der Waals surface area contributed by atoms with Crippen LogP contribution in [0.25, 0.3) is 10.9 Å². The van der Waals surface area contributed by atoms with Gasteiger partial charge in [0.1, 0.15) is 11.3 Å². The summed E-state index contributed by atoms with van der Waals surface area (Å²) in [5.74, 6) is 1.23. The number of anilines is 1. The first kappa shape index (κ1) is 14.2. The third kappa shape index (κ3) is 2.82. The number of ether oxygens (including phenoxy) is 1. The van der Waals surface area contributed by atoms with Crippen molar-refractivity contribution >= 4 is 44.1 Å². The second-order valence-electron chi connectivity index (χ2n) is 4.74. The van der Waals surface area contributed by atoms with Crippen LogP contribution in [0.3, 0.4) is 0 Å². The first-order valence-electron chi connectivity index (χ1n) is 6.32. The van der Waals surface area contributed by atoms with Gasteiger partial charge in [-0.1, -0.05) is 17.7 Å². The number of rotatable bonds is 2. The number of nitrogens with zero attached hydrogens (tertiary/aromatic N) is 1. The zero-order chi connectivity index (χ0) is 15.0. The molecule has 21 heavy (non-hydrogen) atoms. The maximum Gasteiger partial charge on any atom is 0.153 e. The summed E-state index contributed by atoms with van der Waals surface area (Å²) < 4.78 is 6.80. The minimum Gasteiger partial charge on any atom is -0.453 e. The van der Waals surface area contributed by atoms with E-state index < -0.39 is 0 Å². The lowest BCUT2D eigenvalue weighted by atomic mass is 10.1. The van der Waals surface area contributed by atoms with Gasteiger partial charge < -0.3 is 10.5 Å². The molecule has 0 unspecified atom stereocenters. The van der Waals surface area contributed by atoms with E-state index in [1.807, 2.05) is 31.2 Å². The van der Waals surface area contributed by atoms with Crippen molar-refractivity contribution in [1.82, 2.24) is 4.98 Å². The van der Waals surface area contributed by atoms with Gasteiger partial charge in [0.05, 0.1) is 5.02 Å². The highest BCUT2D eigenvalue weighted by Crippen LogP contribution is 2.36. The molecule has 3 rings (SSSR count). The smallest absolute Gasteiger partial charge is 0.153 e. The molecule has 0 saturated carbocycles. The van der Waals surface area contributed by atoms with E-state index in [1.165, 1.54) is 0 Å². The van der Waals surface area contributed by atoms with Gasteiger partial charge in [-0.2, -0.15) is 0 Å². The SMILES string of the molecule is Cc1ccc(Cl)c(Oc2ccc(N)c3cc(Br)cnc23)c1. The van der Waals surface area contributed by atoms with Crippen LogP contribution in [0.5, 0.6) is 11.5 Å². The zero-order valence-corrected chi connectivity index (χ0v) is 13.6. The third-order valence-electron chi connectivity index (χ3n) is 3.12. The summed E-state index contributed by atoms with van der Waals surface area (Å²) in [7, 11) is 0. The molecular weight excluding hydrogens is 352 g/mol. The lowest BCUT2D eigenvalue weighted by Crippen LogP contribution is -1.93. The Morgan fingerprint density at radius 1 is 1.14 bits per heavy atom. The number of pyridine rings is 1. The Labute approximate surface area is 135 Å². The molecular formula is C16H12BrClN2O. The monoisotopic (exact) mass is 362 g/mol. The summed E-state index contributed by atoms with van der Waals surface area (Å²) in [6.45, 7) is 1.99. The fourth-order valence-corrected chi connectivity index (χ4v) is 2.57. The summed E-state index contributed by atoms with van der Waals surface area (Å²) in [4.78, 5) is 4.39. The first-order chi connectivity index (χ1) is 10.0. The molecule has 0 amide bonds. The average Bonchev–Trinajstić information content (AvgIpc) is 2.46. The van der Waals surface area contributed by atoms with Crippen molar-refractivity contribution < 1.29 is 4.74 Å². The Bertz CT molecular complexity index is 836. The van der Waals surface area contributed by atoms with E-state index >= 15 is 0 Å². The number of hydrogen-bond donors (Lipinski definition) is 1. The van der Waals surface area contributed by atoms with Crippen molar-refractivity contribution in [3.8, 4) is 11.5 Å². The Morgan fingerprint density at radius 3 is 2.76 bits per heavy atom. The van der Waals surface area contributed by atoms with Crippen LogP contribution in [0.1, 0.15) is 5.56 Å². The fraction of sp³-hybridized carbons (Fsp3) is 0.0625. The van der Waals surface area contributed by atoms with E-state index in [0.29, 0.717) is 27.7 Å². The molecule has 0 aliphatic rings. The molecule has 106 valence electrons. The normalized spacial score (nSPS) is 10.8. The highest BCUT2D eigenvalue weighted by atomic mass is 79.9. The van der Waals surface area contributed by atoms with Gasteiger partial charge in [-0.3, -0.25) is 4.98 Å². The third-order valence-corrected chi connectivity index (χ3v) is 3.87. The number of fused-ring (bicyclic) bond motifs is 1. The number of aryl methyl sites for hydroxylation is 1. The maximum atomic E-state index is 6.18. The van der Waals surface area contributed by atoms with Crippen molar-refractivity contribution in [2.24, 2.45) is 0 Å². The molecule has 3 aromatic rings. The van der Waals surface area contributed by atoms with Gasteiger partial charge in [0, 0.05) is 21.7 Å². The fourth-order valence-electron chi connectivity index (χ4n) is 2.08. The van der Waals surface area contributed by atoms with E-state index in [9.17, 15) is 0 Å². The van der Waals surface area contributed by atoms with Crippen LogP contribution in [0, 0.1) is 6.92 Å². The maximum absolute atomic E-state index is 6.18. The summed E-state index contributed by atoms with van der Waals surface area (Å²) in [5.41, 5.74) is 8.43. The molecule has 2 N–H and O–H groups in total. The number of hydrogen-bond acceptors (Lipinski definition) is 3. The van der Waals surface area contributed by atoms with Gasteiger partial charge in [-0.25, -0.2) is 0 Å². The molecule has 2 aromatic carbocycles. The Morgan fingerprint density at radius 2 is 1.95 bits per heavy atom. The summed E-state index contributed by atoms with van der Waals surface area (Å²) in [6.07, 6.45) is 1.71. The van der Waals surface area contributed by atoms with Crippen LogP contribution in [0.15, 0.2) is 47.1 Å². The van der Waals surface area contributed by atoms with Crippen molar-refractivity contribution in [1.29, 1.82) is 0 Å². The Kier molecular flexibility index (Phi) is 3.74. The van der Waals surface area contributed by atoms with Crippen molar-refractivity contribution in [3.05, 3.63) is 57.7 Å². The van der Waals surface area contributed by atoms with Gasteiger partial charge in [0.25, 0.3) is 0 Å². The van der Waals surface area contributed by atoms with Gasteiger partial charge in [0.2, 0.25) is 0 Å². The molecule has 1 heterocycles. The molecule has 0 saturated heterocycles. The minimum atomic E-state index is 0.558. The highest BCUT2D eigenvalue weighted by molar-refractivity contribution is 9.10. The molecule has 5 heteroatoms. The van der Waals surface area contributed by atoms with Gasteiger partial charge in [-0.05, 0) is 58.7 Å². The summed E-state index contributed by atoms with van der Waals surface area (Å²) in [5, 5.41) is 1.40. The van der Waals surface area contributed by atoms with Crippen molar-refractivity contribution in [3.63, 3.8) is 0 Å². The highest BCUT2D eigenvalue weighted by Gasteiger charge is 2.10. The summed E-state index contributed by atoms with van der Waals surface area (Å²) >= 11 is 9.58. The lowest BCUT2D eigenvalue weighted by molar-refractivity contribution is 0.487. The largest absolute Gasteiger partial charge is 0.453 e. The number of nitrogen functional groups attached to an aromatic ring is 1. The van der Waals surface area contributed by atoms with E-state index in [-0.39, 0.29) is 0 Å². The molecule has 0 aliphatic carbocycles. The van der Waals surface area contributed by atoms with Crippen molar-refractivity contribution in [2.75, 3.05) is 5.73 Å². The molecule has 0 bridgehead atoms. The van der Waals surface area contributed by atoms with Crippen molar-refractivity contribution in [2.45, 2.75) is 6.92 Å². The molecule has 0 spiro atoms. The zero-order valence-electron chi connectivity index (χ0n) is 11.2. The molecule has 0 radical (unpaired) electrons. The van der Waals surface area contributed by atoms with Crippen LogP contribution in [0.4, 0.5) is 5.69 Å². The second kappa shape index (κ2) is 5.54. The van der Waals surface area contributed by atoms with Crippen LogP contribution in [-0.2, 0) is 0 Å². The number of halogens is 2. The van der Waals surface area contributed by atoms with Gasteiger partial charge >= 0.3 is 0 Å². The van der Waals surface area contributed by atoms with Gasteiger partial charge in [0.15, 0.2) is 5.75 Å². The Hall–Kier alpha value is -1.78. The van der Waals surface area contributed by atoms with E-state index in [1.54, 1.807) is 18.3 Å². The van der Waals surface area contributed by atoms with E-state index in [0.717, 1.165) is 15.4 Å². The van der Waals surface area contributed by atoms with Crippen LogP contribution >= 0.6 is 27.5 Å². The van der Waals surface area contributed by atoms with E-state index in [2.05, 4.69) is 20.9 Å². The second-order valence-corrected chi connectivity index (χ2v) is 6.06. The average molecular weight is 364 g/mol. The van der Waals surface area contributed by atoms with Gasteiger partial charge in [-0.15, -0.1) is 0 Å². The molecule has 1 aromatic heterocycles. The first-order valence-corrected chi connectivity index (χ1v) is 7.49. The predicted molar refractivity (Wildman–Crippen MR) is 90.1 cm³/mol. The standard InChI is InChI=1S/C16H12BrClN2O/c1-9-2-3-12(18)15(6-9)21-14-5-4-13(19)11-7-10(17)8-20-16(11)14/h2-8H,19H2,1H3. The number of nitrogens with two attached hydrogens (primary N) is 1. The molecule has 0 fully saturated rings. The minimum absolute atomic E-state index is 0.558. The summed E-state index contributed by atoms with van der Waals surface area (Å²) in [6, 6.07) is 11.2. The van der Waals surface area contributed by atoms with Crippen LogP contribution < -0.4 is 10.5 Å². The van der Waals surface area contributed by atoms with Crippen LogP contribution in [-0.4, -0.2) is 4.98 Å². The van der Waals surface area contributed by atoms with E-state index in [4.69, 9.17) is 22.1 Å².